The highest BCUT2D eigenvalue weighted by Crippen LogP contribution is 2.28. The highest BCUT2D eigenvalue weighted by molar-refractivity contribution is 6.04. The Labute approximate surface area is 166 Å². The molecule has 1 aliphatic rings. The minimum atomic E-state index is -4.52. The molecule has 152 valence electrons. The van der Waals surface area contributed by atoms with Gasteiger partial charge in [0.15, 0.2) is 5.69 Å². The molecule has 8 heteroatoms. The fraction of sp³-hybridized carbons (Fsp3) is 0.333. The van der Waals surface area contributed by atoms with Gasteiger partial charge < -0.3 is 14.6 Å². The first kappa shape index (κ1) is 19.4. The number of hydrogen-bond acceptors (Lipinski definition) is 3. The van der Waals surface area contributed by atoms with Crippen LogP contribution in [-0.2, 0) is 12.6 Å². The molecule has 0 bridgehead atoms. The van der Waals surface area contributed by atoms with E-state index in [1.54, 1.807) is 0 Å². The Balaban J connectivity index is 1.40. The third-order valence-electron chi connectivity index (χ3n) is 5.13. The Bertz CT molecular complexity index is 1000. The number of amides is 1. The summed E-state index contributed by atoms with van der Waals surface area (Å²) in [5.41, 5.74) is 1.24. The van der Waals surface area contributed by atoms with Crippen LogP contribution in [-0.4, -0.2) is 39.8 Å². The molecular weight excluding hydrogens is 381 g/mol. The minimum Gasteiger partial charge on any atom is -0.322 e. The molecule has 1 amide bonds. The van der Waals surface area contributed by atoms with Gasteiger partial charge in [0.1, 0.15) is 5.65 Å². The molecule has 5 nitrogen and oxygen atoms in total. The zero-order valence-electron chi connectivity index (χ0n) is 15.7. The first-order valence-electron chi connectivity index (χ1n) is 9.57. The maximum atomic E-state index is 12.8. The Morgan fingerprint density at radius 3 is 2.45 bits per heavy atom. The van der Waals surface area contributed by atoms with E-state index in [4.69, 9.17) is 0 Å². The number of alkyl halides is 3. The van der Waals surface area contributed by atoms with E-state index in [9.17, 15) is 18.0 Å². The Kier molecular flexibility index (Phi) is 5.27. The van der Waals surface area contributed by atoms with E-state index < -0.39 is 11.9 Å². The normalized spacial score (nSPS) is 15.1. The van der Waals surface area contributed by atoms with Crippen LogP contribution in [0.5, 0.6) is 0 Å². The van der Waals surface area contributed by atoms with Crippen molar-refractivity contribution in [1.82, 2.24) is 14.3 Å². The summed E-state index contributed by atoms with van der Waals surface area (Å²) in [5.74, 6) is -0.390. The Morgan fingerprint density at radius 1 is 1.03 bits per heavy atom. The van der Waals surface area contributed by atoms with Crippen LogP contribution in [0.25, 0.3) is 5.65 Å². The average Bonchev–Trinajstić information content (AvgIpc) is 3.36. The van der Waals surface area contributed by atoms with E-state index >= 15 is 0 Å². The lowest BCUT2D eigenvalue weighted by Crippen LogP contribution is -2.21. The molecule has 0 saturated carbocycles. The minimum absolute atomic E-state index is 0.135. The van der Waals surface area contributed by atoms with Crippen LogP contribution < -0.4 is 5.32 Å². The molecule has 0 unspecified atom stereocenters. The summed E-state index contributed by atoms with van der Waals surface area (Å²) in [6.07, 6.45) is 1.21. The van der Waals surface area contributed by atoms with Gasteiger partial charge in [0, 0.05) is 24.6 Å². The van der Waals surface area contributed by atoms with Crippen molar-refractivity contribution >= 4 is 17.2 Å². The second-order valence-electron chi connectivity index (χ2n) is 7.26. The monoisotopic (exact) mass is 402 g/mol. The summed E-state index contributed by atoms with van der Waals surface area (Å²) < 4.78 is 39.6. The number of halogens is 3. The van der Waals surface area contributed by atoms with E-state index in [2.05, 4.69) is 15.2 Å². The predicted molar refractivity (Wildman–Crippen MR) is 104 cm³/mol. The number of anilines is 1. The first-order chi connectivity index (χ1) is 13.9. The number of nitrogens with one attached hydrogen (secondary N) is 1. The van der Waals surface area contributed by atoms with E-state index in [1.165, 1.54) is 54.2 Å². The smallest absolute Gasteiger partial charge is 0.322 e. The molecule has 0 spiro atoms. The predicted octanol–water partition coefficient (Wildman–Crippen LogP) is 4.24. The van der Waals surface area contributed by atoms with Gasteiger partial charge in [-0.3, -0.25) is 4.79 Å². The van der Waals surface area contributed by atoms with Crippen LogP contribution in [0.1, 0.15) is 34.5 Å². The maximum absolute atomic E-state index is 12.8. The number of likely N-dealkylation sites (tertiary alicyclic amines) is 1. The molecule has 1 fully saturated rings. The number of pyridine rings is 1. The molecule has 1 saturated heterocycles. The molecule has 1 aromatic carbocycles. The standard InChI is InChI=1S/C21H21F3N4O/c22-21(23,24)18-14-28-13-16(5-8-19(28)26-18)20(29)25-17-6-3-15(4-7-17)9-12-27-10-1-2-11-27/h3-8,13-14H,1-2,9-12H2,(H,25,29). The number of carbonyl (C=O) groups is 1. The quantitative estimate of drug-likeness (QED) is 0.694. The summed E-state index contributed by atoms with van der Waals surface area (Å²) in [6.45, 7) is 3.37. The summed E-state index contributed by atoms with van der Waals surface area (Å²) in [7, 11) is 0. The number of nitrogens with zero attached hydrogens (tertiary/aromatic N) is 3. The topological polar surface area (TPSA) is 49.6 Å². The largest absolute Gasteiger partial charge is 0.434 e. The third kappa shape index (κ3) is 4.59. The lowest BCUT2D eigenvalue weighted by atomic mass is 10.1. The summed E-state index contributed by atoms with van der Waals surface area (Å²) in [6, 6.07) is 10.5. The maximum Gasteiger partial charge on any atom is 0.434 e. The van der Waals surface area contributed by atoms with E-state index in [-0.39, 0.29) is 17.1 Å². The van der Waals surface area contributed by atoms with Gasteiger partial charge >= 0.3 is 6.18 Å². The number of benzene rings is 1. The highest BCUT2D eigenvalue weighted by Gasteiger charge is 2.33. The van der Waals surface area contributed by atoms with Gasteiger partial charge in [0.05, 0.1) is 5.56 Å². The number of carbonyl (C=O) groups excluding carboxylic acids is 1. The summed E-state index contributed by atoms with van der Waals surface area (Å²) in [5, 5.41) is 2.78. The van der Waals surface area contributed by atoms with Crippen molar-refractivity contribution in [3.05, 3.63) is 65.6 Å². The highest BCUT2D eigenvalue weighted by atomic mass is 19.4. The van der Waals surface area contributed by atoms with Crippen LogP contribution in [0.3, 0.4) is 0 Å². The van der Waals surface area contributed by atoms with Crippen molar-refractivity contribution in [1.29, 1.82) is 0 Å². The van der Waals surface area contributed by atoms with Gasteiger partial charge in [-0.05, 0) is 62.2 Å². The van der Waals surface area contributed by atoms with Crippen molar-refractivity contribution in [2.45, 2.75) is 25.4 Å². The Morgan fingerprint density at radius 2 is 1.76 bits per heavy atom. The van der Waals surface area contributed by atoms with Crippen molar-refractivity contribution in [2.24, 2.45) is 0 Å². The third-order valence-corrected chi connectivity index (χ3v) is 5.13. The zero-order valence-corrected chi connectivity index (χ0v) is 15.7. The zero-order chi connectivity index (χ0) is 20.4. The van der Waals surface area contributed by atoms with Crippen molar-refractivity contribution in [3.63, 3.8) is 0 Å². The molecule has 1 aliphatic heterocycles. The van der Waals surface area contributed by atoms with Gasteiger partial charge in [-0.1, -0.05) is 12.1 Å². The number of hydrogen-bond donors (Lipinski definition) is 1. The van der Waals surface area contributed by atoms with E-state index in [0.29, 0.717) is 5.69 Å². The molecule has 2 aromatic heterocycles. The lowest BCUT2D eigenvalue weighted by molar-refractivity contribution is -0.140. The van der Waals surface area contributed by atoms with Gasteiger partial charge in [0.25, 0.3) is 5.91 Å². The average molecular weight is 402 g/mol. The van der Waals surface area contributed by atoms with Gasteiger partial charge in [-0.15, -0.1) is 0 Å². The van der Waals surface area contributed by atoms with Crippen LogP contribution in [0.4, 0.5) is 18.9 Å². The van der Waals surface area contributed by atoms with Crippen LogP contribution >= 0.6 is 0 Å². The number of fused-ring (bicyclic) bond motifs is 1. The van der Waals surface area contributed by atoms with Crippen molar-refractivity contribution in [3.8, 4) is 0 Å². The Hall–Kier alpha value is -2.87. The molecule has 0 radical (unpaired) electrons. The summed E-state index contributed by atoms with van der Waals surface area (Å²) in [4.78, 5) is 18.4. The lowest BCUT2D eigenvalue weighted by Gasteiger charge is -2.14. The second-order valence-corrected chi connectivity index (χ2v) is 7.26. The molecule has 29 heavy (non-hydrogen) atoms. The fourth-order valence-corrected chi connectivity index (χ4v) is 3.51. The molecule has 0 aliphatic carbocycles. The number of rotatable bonds is 5. The molecule has 3 aromatic rings. The molecule has 1 N–H and O–H groups in total. The van der Waals surface area contributed by atoms with Crippen LogP contribution in [0, 0.1) is 0 Å². The molecule has 3 heterocycles. The van der Waals surface area contributed by atoms with Crippen molar-refractivity contribution < 1.29 is 18.0 Å². The summed E-state index contributed by atoms with van der Waals surface area (Å²) >= 11 is 0. The van der Waals surface area contributed by atoms with E-state index in [1.807, 2.05) is 24.3 Å². The van der Waals surface area contributed by atoms with Crippen LogP contribution in [0.2, 0.25) is 0 Å². The number of imidazole rings is 1. The van der Waals surface area contributed by atoms with E-state index in [0.717, 1.165) is 19.2 Å². The van der Waals surface area contributed by atoms with Gasteiger partial charge in [0.2, 0.25) is 0 Å². The number of aromatic nitrogens is 2. The molecule has 4 rings (SSSR count). The molecular formula is C21H21F3N4O. The molecule has 0 atom stereocenters. The van der Waals surface area contributed by atoms with Gasteiger partial charge in [-0.25, -0.2) is 4.98 Å². The fourth-order valence-electron chi connectivity index (χ4n) is 3.51. The van der Waals surface area contributed by atoms with Crippen LogP contribution in [0.15, 0.2) is 48.8 Å². The van der Waals surface area contributed by atoms with Crippen molar-refractivity contribution in [2.75, 3.05) is 25.0 Å². The second kappa shape index (κ2) is 7.87. The van der Waals surface area contributed by atoms with Gasteiger partial charge in [-0.2, -0.15) is 13.2 Å². The first-order valence-corrected chi connectivity index (χ1v) is 9.57. The SMILES string of the molecule is O=C(Nc1ccc(CCN2CCCC2)cc1)c1ccc2nc(C(F)(F)F)cn2c1.